The van der Waals surface area contributed by atoms with E-state index in [0.29, 0.717) is 0 Å². The molecule has 1 aromatic carbocycles. The van der Waals surface area contributed by atoms with Crippen LogP contribution in [0, 0.1) is 27.7 Å². The van der Waals surface area contributed by atoms with Crippen molar-refractivity contribution in [2.45, 2.75) is 54.4 Å². The van der Waals surface area contributed by atoms with Crippen LogP contribution in [0.25, 0.3) is 0 Å². The molecule has 0 bridgehead atoms. The van der Waals surface area contributed by atoms with Crippen LogP contribution in [0.3, 0.4) is 0 Å². The van der Waals surface area contributed by atoms with Crippen molar-refractivity contribution in [1.29, 1.82) is 0 Å². The molecule has 0 amide bonds. The molecule has 0 saturated carbocycles. The standard InChI is InChI=1S/C13H20O4S.C3H8/c1-9-8-10(2)13(12(4)11(9)3)17-6-5-7-18(14,15)16;1-3-2/h8H,5-7H2,1-4H3,(H,14,15,16);3H2,1-2H3. The van der Waals surface area contributed by atoms with E-state index < -0.39 is 10.1 Å². The maximum Gasteiger partial charge on any atom is 0.264 e. The highest BCUT2D eigenvalue weighted by atomic mass is 32.2. The van der Waals surface area contributed by atoms with E-state index in [1.807, 2.05) is 20.8 Å². The van der Waals surface area contributed by atoms with E-state index in [4.69, 9.17) is 9.29 Å². The molecule has 0 saturated heterocycles. The molecular weight excluding hydrogens is 288 g/mol. The van der Waals surface area contributed by atoms with Crippen molar-refractivity contribution in [3.8, 4) is 5.75 Å². The second-order valence-corrected chi connectivity index (χ2v) is 6.86. The summed E-state index contributed by atoms with van der Waals surface area (Å²) in [6, 6.07) is 2.06. The molecule has 21 heavy (non-hydrogen) atoms. The van der Waals surface area contributed by atoms with Gasteiger partial charge in [-0.1, -0.05) is 26.3 Å². The first-order chi connectivity index (χ1) is 9.64. The van der Waals surface area contributed by atoms with Gasteiger partial charge in [0.2, 0.25) is 0 Å². The van der Waals surface area contributed by atoms with E-state index in [2.05, 4.69) is 26.8 Å². The third-order valence-corrected chi connectivity index (χ3v) is 3.88. The zero-order valence-corrected chi connectivity index (χ0v) is 14.8. The Bertz CT molecular complexity index is 548. The topological polar surface area (TPSA) is 63.6 Å². The Hall–Kier alpha value is -1.07. The molecule has 0 spiro atoms. The summed E-state index contributed by atoms with van der Waals surface area (Å²) in [5, 5.41) is 0. The summed E-state index contributed by atoms with van der Waals surface area (Å²) in [4.78, 5) is 0. The number of benzene rings is 1. The van der Waals surface area contributed by atoms with Gasteiger partial charge in [-0.3, -0.25) is 4.55 Å². The minimum absolute atomic E-state index is 0.268. The molecule has 0 atom stereocenters. The third-order valence-electron chi connectivity index (χ3n) is 3.08. The Labute approximate surface area is 129 Å². The molecule has 4 nitrogen and oxygen atoms in total. The van der Waals surface area contributed by atoms with E-state index in [-0.39, 0.29) is 18.8 Å². The van der Waals surface area contributed by atoms with E-state index in [9.17, 15) is 8.42 Å². The van der Waals surface area contributed by atoms with Crippen LogP contribution in [-0.2, 0) is 10.1 Å². The van der Waals surface area contributed by atoms with Gasteiger partial charge in [0.1, 0.15) is 5.75 Å². The molecule has 5 heteroatoms. The Morgan fingerprint density at radius 3 is 2.05 bits per heavy atom. The van der Waals surface area contributed by atoms with E-state index in [1.54, 1.807) is 0 Å². The number of hydrogen-bond acceptors (Lipinski definition) is 3. The second kappa shape index (κ2) is 9.05. The molecule has 0 fully saturated rings. The molecule has 1 N–H and O–H groups in total. The Kier molecular flexibility index (Phi) is 8.59. The normalized spacial score (nSPS) is 10.8. The van der Waals surface area contributed by atoms with Crippen molar-refractivity contribution >= 4 is 10.1 Å². The van der Waals surface area contributed by atoms with Gasteiger partial charge in [0, 0.05) is 0 Å². The summed E-state index contributed by atoms with van der Waals surface area (Å²) in [6.45, 7) is 12.6. The number of hydrogen-bond donors (Lipinski definition) is 1. The number of rotatable bonds is 5. The fraction of sp³-hybridized carbons (Fsp3) is 0.625. The lowest BCUT2D eigenvalue weighted by molar-refractivity contribution is 0.311. The first kappa shape index (κ1) is 19.9. The maximum atomic E-state index is 10.6. The van der Waals surface area contributed by atoms with Crippen LogP contribution in [0.4, 0.5) is 0 Å². The van der Waals surface area contributed by atoms with Crippen molar-refractivity contribution in [2.24, 2.45) is 0 Å². The minimum Gasteiger partial charge on any atom is -0.493 e. The van der Waals surface area contributed by atoms with Crippen LogP contribution in [0.1, 0.15) is 48.9 Å². The Morgan fingerprint density at radius 2 is 1.57 bits per heavy atom. The van der Waals surface area contributed by atoms with Gasteiger partial charge in [0.25, 0.3) is 10.1 Å². The molecule has 1 aromatic rings. The largest absolute Gasteiger partial charge is 0.493 e. The van der Waals surface area contributed by atoms with Gasteiger partial charge in [-0.05, 0) is 56.4 Å². The summed E-state index contributed by atoms with van der Waals surface area (Å²) in [5.74, 6) is 0.545. The van der Waals surface area contributed by atoms with Crippen molar-refractivity contribution in [3.63, 3.8) is 0 Å². The lowest BCUT2D eigenvalue weighted by Gasteiger charge is -2.15. The average molecular weight is 316 g/mol. The molecule has 0 radical (unpaired) electrons. The zero-order valence-electron chi connectivity index (χ0n) is 14.0. The summed E-state index contributed by atoms with van der Waals surface area (Å²) < 4.78 is 35.4. The van der Waals surface area contributed by atoms with E-state index in [1.165, 1.54) is 17.5 Å². The van der Waals surface area contributed by atoms with Crippen LogP contribution in [0.15, 0.2) is 6.07 Å². The molecule has 0 aromatic heterocycles. The van der Waals surface area contributed by atoms with Crippen LogP contribution in [0.2, 0.25) is 0 Å². The summed E-state index contributed by atoms with van der Waals surface area (Å²) >= 11 is 0. The molecule has 0 aliphatic carbocycles. The van der Waals surface area contributed by atoms with Gasteiger partial charge in [-0.25, -0.2) is 0 Å². The van der Waals surface area contributed by atoms with Crippen molar-refractivity contribution in [3.05, 3.63) is 28.3 Å². The predicted octanol–water partition coefficient (Wildman–Crippen LogP) is 3.99. The van der Waals surface area contributed by atoms with Gasteiger partial charge in [0.15, 0.2) is 0 Å². The number of aryl methyl sites for hydroxylation is 2. The minimum atomic E-state index is -3.89. The fourth-order valence-electron chi connectivity index (χ4n) is 1.90. The lowest BCUT2D eigenvalue weighted by Crippen LogP contribution is -2.09. The van der Waals surface area contributed by atoms with Crippen LogP contribution in [-0.4, -0.2) is 25.3 Å². The highest BCUT2D eigenvalue weighted by Crippen LogP contribution is 2.28. The summed E-state index contributed by atoms with van der Waals surface area (Å²) in [5.41, 5.74) is 4.53. The van der Waals surface area contributed by atoms with Crippen LogP contribution in [0.5, 0.6) is 5.75 Å². The number of ether oxygens (including phenoxy) is 1. The van der Waals surface area contributed by atoms with Crippen LogP contribution < -0.4 is 4.74 Å². The first-order valence-electron chi connectivity index (χ1n) is 7.29. The summed E-state index contributed by atoms with van der Waals surface area (Å²) in [6.07, 6.45) is 1.53. The fourth-order valence-corrected chi connectivity index (χ4v) is 2.38. The smallest absolute Gasteiger partial charge is 0.264 e. The van der Waals surface area contributed by atoms with E-state index >= 15 is 0 Å². The maximum absolute atomic E-state index is 10.6. The van der Waals surface area contributed by atoms with E-state index in [0.717, 1.165) is 16.9 Å². The van der Waals surface area contributed by atoms with Gasteiger partial charge >= 0.3 is 0 Å². The van der Waals surface area contributed by atoms with Gasteiger partial charge in [0.05, 0.1) is 12.4 Å². The molecule has 0 aliphatic rings. The van der Waals surface area contributed by atoms with Crippen molar-refractivity contribution in [2.75, 3.05) is 12.4 Å². The molecule has 0 aliphatic heterocycles. The molecule has 1 rings (SSSR count). The quantitative estimate of drug-likeness (QED) is 0.659. The van der Waals surface area contributed by atoms with Crippen LogP contribution >= 0.6 is 0 Å². The molecule has 122 valence electrons. The predicted molar refractivity (Wildman–Crippen MR) is 87.9 cm³/mol. The molecule has 0 heterocycles. The van der Waals surface area contributed by atoms with Gasteiger partial charge in [-0.15, -0.1) is 0 Å². The second-order valence-electron chi connectivity index (χ2n) is 5.28. The average Bonchev–Trinajstić information content (AvgIpc) is 2.35. The Balaban J connectivity index is 0.00000122. The highest BCUT2D eigenvalue weighted by Gasteiger charge is 2.10. The van der Waals surface area contributed by atoms with Gasteiger partial charge < -0.3 is 4.74 Å². The van der Waals surface area contributed by atoms with Crippen molar-refractivity contribution in [1.82, 2.24) is 0 Å². The third kappa shape index (κ3) is 7.48. The summed E-state index contributed by atoms with van der Waals surface area (Å²) in [7, 11) is -3.89. The highest BCUT2D eigenvalue weighted by molar-refractivity contribution is 7.85. The first-order valence-corrected chi connectivity index (χ1v) is 8.90. The Morgan fingerprint density at radius 1 is 1.05 bits per heavy atom. The monoisotopic (exact) mass is 316 g/mol. The molecule has 0 unspecified atom stereocenters. The zero-order chi connectivity index (χ0) is 16.6. The SMILES string of the molecule is CCC.Cc1cc(C)c(OCCCS(=O)(=O)O)c(C)c1C. The van der Waals surface area contributed by atoms with Gasteiger partial charge in [-0.2, -0.15) is 8.42 Å². The van der Waals surface area contributed by atoms with Crippen molar-refractivity contribution < 1.29 is 17.7 Å². The molecular formula is C16H28O4S. The lowest BCUT2D eigenvalue weighted by atomic mass is 10.00.